The smallest absolute Gasteiger partial charge is 0.387 e. The number of nitrogens with one attached hydrogen (secondary N) is 1. The molecule has 1 saturated carbocycles. The van der Waals surface area contributed by atoms with Gasteiger partial charge in [0.25, 0.3) is 0 Å². The number of rotatable bonds is 7. The maximum absolute atomic E-state index is 12.4. The highest BCUT2D eigenvalue weighted by molar-refractivity contribution is 5.43. The lowest BCUT2D eigenvalue weighted by Gasteiger charge is -2.38. The van der Waals surface area contributed by atoms with Gasteiger partial charge in [0.1, 0.15) is 0 Å². The van der Waals surface area contributed by atoms with E-state index in [-0.39, 0.29) is 23.0 Å². The number of halogens is 2. The van der Waals surface area contributed by atoms with Crippen molar-refractivity contribution in [3.8, 4) is 11.5 Å². The topological polar surface area (TPSA) is 50.7 Å². The molecule has 1 aliphatic rings. The van der Waals surface area contributed by atoms with Gasteiger partial charge in [0.05, 0.1) is 13.2 Å². The molecule has 0 aliphatic heterocycles. The summed E-state index contributed by atoms with van der Waals surface area (Å²) in [6, 6.07) is 4.98. The minimum atomic E-state index is -2.89. The first-order chi connectivity index (χ1) is 10.9. The average Bonchev–Trinajstić information content (AvgIpc) is 2.50. The van der Waals surface area contributed by atoms with Gasteiger partial charge < -0.3 is 19.9 Å². The van der Waals surface area contributed by atoms with Crippen molar-refractivity contribution in [3.63, 3.8) is 0 Å². The Morgan fingerprint density at radius 3 is 2.78 bits per heavy atom. The third-order valence-corrected chi connectivity index (χ3v) is 4.58. The second kappa shape index (κ2) is 7.93. The second-order valence-electron chi connectivity index (χ2n) is 6.38. The first kappa shape index (κ1) is 17.9. The first-order valence-electron chi connectivity index (χ1n) is 7.95. The van der Waals surface area contributed by atoms with E-state index in [1.54, 1.807) is 12.1 Å². The minimum absolute atomic E-state index is 0.0331. The Bertz CT molecular complexity index is 513. The molecule has 2 unspecified atom stereocenters. The molecule has 2 N–H and O–H groups in total. The Hall–Kier alpha value is -1.40. The molecule has 23 heavy (non-hydrogen) atoms. The predicted octanol–water partition coefficient (Wildman–Crippen LogP) is 3.33. The summed E-state index contributed by atoms with van der Waals surface area (Å²) in [5, 5.41) is 13.5. The summed E-state index contributed by atoms with van der Waals surface area (Å²) in [4.78, 5) is 0. The number of methoxy groups -OCH3 is 1. The van der Waals surface area contributed by atoms with E-state index in [0.29, 0.717) is 13.1 Å². The predicted molar refractivity (Wildman–Crippen MR) is 83.9 cm³/mol. The van der Waals surface area contributed by atoms with Crippen LogP contribution in [-0.2, 0) is 6.54 Å². The van der Waals surface area contributed by atoms with E-state index >= 15 is 0 Å². The van der Waals surface area contributed by atoms with Gasteiger partial charge in [0.15, 0.2) is 11.5 Å². The van der Waals surface area contributed by atoms with Crippen LogP contribution >= 0.6 is 0 Å². The molecule has 0 radical (unpaired) electrons. The number of hydrogen-bond acceptors (Lipinski definition) is 4. The van der Waals surface area contributed by atoms with Crippen LogP contribution in [0.2, 0.25) is 0 Å². The van der Waals surface area contributed by atoms with Crippen molar-refractivity contribution in [2.75, 3.05) is 13.7 Å². The fourth-order valence-electron chi connectivity index (χ4n) is 3.10. The highest BCUT2D eigenvalue weighted by Gasteiger charge is 2.34. The molecule has 0 saturated heterocycles. The third-order valence-electron chi connectivity index (χ3n) is 4.58. The minimum Gasteiger partial charge on any atom is -0.493 e. The molecule has 0 spiro atoms. The Labute approximate surface area is 135 Å². The van der Waals surface area contributed by atoms with Crippen LogP contribution in [0.1, 0.15) is 38.2 Å². The number of aliphatic hydroxyl groups excluding tert-OH is 1. The van der Waals surface area contributed by atoms with E-state index in [1.165, 1.54) is 7.11 Å². The zero-order valence-electron chi connectivity index (χ0n) is 13.6. The Morgan fingerprint density at radius 1 is 1.35 bits per heavy atom. The van der Waals surface area contributed by atoms with Crippen LogP contribution in [0.15, 0.2) is 18.2 Å². The molecular weight excluding hydrogens is 304 g/mol. The molecule has 2 atom stereocenters. The molecule has 1 fully saturated rings. The lowest BCUT2D eigenvalue weighted by Crippen LogP contribution is -2.43. The summed E-state index contributed by atoms with van der Waals surface area (Å²) in [6.07, 6.45) is 3.74. The van der Waals surface area contributed by atoms with E-state index < -0.39 is 6.61 Å². The fraction of sp³-hybridized carbons (Fsp3) is 0.647. The Morgan fingerprint density at radius 2 is 2.13 bits per heavy atom. The van der Waals surface area contributed by atoms with Crippen LogP contribution in [0.3, 0.4) is 0 Å². The van der Waals surface area contributed by atoms with E-state index in [0.717, 1.165) is 31.2 Å². The van der Waals surface area contributed by atoms with E-state index in [1.807, 2.05) is 6.07 Å². The zero-order chi connectivity index (χ0) is 16.9. The Kier molecular flexibility index (Phi) is 6.18. The summed E-state index contributed by atoms with van der Waals surface area (Å²) in [5.74, 6) is 0.314. The highest BCUT2D eigenvalue weighted by Crippen LogP contribution is 2.35. The number of hydrogen-bond donors (Lipinski definition) is 2. The Balaban J connectivity index is 1.95. The standard InChI is InChI=1S/C17H25F2NO3/c1-17(8-4-3-5-15(17)21)11-20-10-12-6-7-13(22-2)14(9-12)23-16(18)19/h6-7,9,15-16,20-21H,3-5,8,10-11H2,1-2H3. The number of alkyl halides is 2. The highest BCUT2D eigenvalue weighted by atomic mass is 19.3. The van der Waals surface area contributed by atoms with Crippen LogP contribution < -0.4 is 14.8 Å². The molecule has 1 aliphatic carbocycles. The lowest BCUT2D eigenvalue weighted by atomic mass is 9.73. The molecule has 0 amide bonds. The quantitative estimate of drug-likeness (QED) is 0.806. The molecule has 1 aromatic carbocycles. The molecule has 2 rings (SSSR count). The summed E-state index contributed by atoms with van der Waals surface area (Å²) in [7, 11) is 1.41. The van der Waals surface area contributed by atoms with E-state index in [2.05, 4.69) is 17.0 Å². The molecule has 130 valence electrons. The largest absolute Gasteiger partial charge is 0.493 e. The van der Waals surface area contributed by atoms with Crippen molar-refractivity contribution in [3.05, 3.63) is 23.8 Å². The maximum atomic E-state index is 12.4. The van der Waals surface area contributed by atoms with Crippen LogP contribution in [0, 0.1) is 5.41 Å². The molecule has 0 bridgehead atoms. The van der Waals surface area contributed by atoms with Gasteiger partial charge in [-0.2, -0.15) is 8.78 Å². The summed E-state index contributed by atoms with van der Waals surface area (Å²) in [5.41, 5.74) is 0.697. The van der Waals surface area contributed by atoms with Gasteiger partial charge in [-0.3, -0.25) is 0 Å². The lowest BCUT2D eigenvalue weighted by molar-refractivity contribution is -0.0512. The van der Waals surface area contributed by atoms with E-state index in [4.69, 9.17) is 4.74 Å². The van der Waals surface area contributed by atoms with Crippen LogP contribution in [0.25, 0.3) is 0 Å². The molecule has 4 nitrogen and oxygen atoms in total. The molecule has 1 aromatic rings. The van der Waals surface area contributed by atoms with Crippen LogP contribution in [0.5, 0.6) is 11.5 Å². The number of aliphatic hydroxyl groups is 1. The SMILES string of the molecule is COc1ccc(CNCC2(C)CCCCC2O)cc1OC(F)F. The summed E-state index contributed by atoms with van der Waals surface area (Å²) >= 11 is 0. The van der Waals surface area contributed by atoms with Gasteiger partial charge in [-0.15, -0.1) is 0 Å². The van der Waals surface area contributed by atoms with Gasteiger partial charge >= 0.3 is 6.61 Å². The van der Waals surface area contributed by atoms with Gasteiger partial charge in [-0.1, -0.05) is 25.8 Å². The monoisotopic (exact) mass is 329 g/mol. The third kappa shape index (κ3) is 4.78. The van der Waals surface area contributed by atoms with Crippen molar-refractivity contribution >= 4 is 0 Å². The molecule has 0 aromatic heterocycles. The molecular formula is C17H25F2NO3. The number of benzene rings is 1. The van der Waals surface area contributed by atoms with Crippen molar-refractivity contribution in [1.82, 2.24) is 5.32 Å². The van der Waals surface area contributed by atoms with Crippen molar-refractivity contribution in [2.45, 2.75) is 51.9 Å². The second-order valence-corrected chi connectivity index (χ2v) is 6.38. The van der Waals surface area contributed by atoms with Crippen molar-refractivity contribution < 1.29 is 23.4 Å². The van der Waals surface area contributed by atoms with Gasteiger partial charge in [-0.05, 0) is 30.5 Å². The number of ether oxygens (including phenoxy) is 2. The molecule has 0 heterocycles. The van der Waals surface area contributed by atoms with Crippen molar-refractivity contribution in [2.24, 2.45) is 5.41 Å². The van der Waals surface area contributed by atoms with Gasteiger partial charge in [0.2, 0.25) is 0 Å². The normalized spacial score (nSPS) is 24.7. The van der Waals surface area contributed by atoms with Crippen LogP contribution in [-0.4, -0.2) is 31.5 Å². The maximum Gasteiger partial charge on any atom is 0.387 e. The van der Waals surface area contributed by atoms with Gasteiger partial charge in [0, 0.05) is 18.5 Å². The first-order valence-corrected chi connectivity index (χ1v) is 7.95. The average molecular weight is 329 g/mol. The van der Waals surface area contributed by atoms with Crippen LogP contribution in [0.4, 0.5) is 8.78 Å². The molecule has 6 heteroatoms. The fourth-order valence-corrected chi connectivity index (χ4v) is 3.10. The summed E-state index contributed by atoms with van der Waals surface area (Å²) in [6.45, 7) is 0.406. The van der Waals surface area contributed by atoms with Gasteiger partial charge in [-0.25, -0.2) is 0 Å². The van der Waals surface area contributed by atoms with E-state index in [9.17, 15) is 13.9 Å². The zero-order valence-corrected chi connectivity index (χ0v) is 13.6. The summed E-state index contributed by atoms with van der Waals surface area (Å²) < 4.78 is 34.4. The van der Waals surface area contributed by atoms with Crippen molar-refractivity contribution in [1.29, 1.82) is 0 Å².